The van der Waals surface area contributed by atoms with Crippen LogP contribution in [-0.2, 0) is 13.7 Å². The molecule has 0 aliphatic rings. The molecular weight excluding hydrogens is 472 g/mol. The van der Waals surface area contributed by atoms with Gasteiger partial charge in [-0.15, -0.1) is 11.3 Å². The van der Waals surface area contributed by atoms with Crippen LogP contribution in [0.15, 0.2) is 65.7 Å². The van der Waals surface area contributed by atoms with Crippen LogP contribution in [0.4, 0.5) is 0 Å². The van der Waals surface area contributed by atoms with Crippen molar-refractivity contribution in [3.05, 3.63) is 87.7 Å². The third-order valence-electron chi connectivity index (χ3n) is 5.47. The van der Waals surface area contributed by atoms with E-state index in [0.29, 0.717) is 39.0 Å². The Bertz CT molecular complexity index is 1550. The van der Waals surface area contributed by atoms with E-state index in [1.165, 1.54) is 22.2 Å². The number of nitrogens with zero attached hydrogens (tertiary/aromatic N) is 4. The molecule has 0 fully saturated rings. The van der Waals surface area contributed by atoms with Crippen LogP contribution in [0.5, 0.6) is 11.5 Å². The van der Waals surface area contributed by atoms with E-state index in [4.69, 9.17) is 21.1 Å². The first kappa shape index (κ1) is 22.2. The van der Waals surface area contributed by atoms with Crippen LogP contribution in [0.3, 0.4) is 0 Å². The van der Waals surface area contributed by atoms with Gasteiger partial charge in [0.15, 0.2) is 11.5 Å². The molecule has 0 spiro atoms. The van der Waals surface area contributed by atoms with Gasteiger partial charge < -0.3 is 9.47 Å². The number of rotatable bonds is 6. The lowest BCUT2D eigenvalue weighted by Crippen LogP contribution is -2.17. The second-order valence-corrected chi connectivity index (χ2v) is 9.26. The van der Waals surface area contributed by atoms with Crippen molar-refractivity contribution in [2.75, 3.05) is 7.11 Å². The molecule has 0 N–H and O–H groups in total. The van der Waals surface area contributed by atoms with Crippen molar-refractivity contribution in [3.8, 4) is 27.6 Å². The summed E-state index contributed by atoms with van der Waals surface area (Å²) in [7, 11) is 3.45. The van der Waals surface area contributed by atoms with Crippen molar-refractivity contribution >= 4 is 33.2 Å². The summed E-state index contributed by atoms with van der Waals surface area (Å²) in [4.78, 5) is 18.8. The van der Waals surface area contributed by atoms with Crippen molar-refractivity contribution in [2.45, 2.75) is 13.5 Å². The molecule has 3 heterocycles. The molecular formula is C25H21ClN4O3S. The maximum absolute atomic E-state index is 13.3. The molecule has 5 aromatic rings. The molecule has 172 valence electrons. The SMILES string of the molecule is COc1cc(-n2cnc3cc(-c4ccc(Cl)cc4)sc3c2=O)ccc1OCc1cc(C)nn1C. The molecule has 7 nitrogen and oxygen atoms in total. The van der Waals surface area contributed by atoms with Gasteiger partial charge in [-0.2, -0.15) is 5.10 Å². The fraction of sp³-hybridized carbons (Fsp3) is 0.160. The zero-order valence-electron chi connectivity index (χ0n) is 18.8. The Morgan fingerprint density at radius 1 is 1.06 bits per heavy atom. The molecule has 0 radical (unpaired) electrons. The van der Waals surface area contributed by atoms with Gasteiger partial charge in [0, 0.05) is 23.0 Å². The molecule has 0 amide bonds. The van der Waals surface area contributed by atoms with E-state index in [1.807, 2.05) is 56.4 Å². The van der Waals surface area contributed by atoms with E-state index in [-0.39, 0.29) is 5.56 Å². The summed E-state index contributed by atoms with van der Waals surface area (Å²) in [6, 6.07) is 16.8. The largest absolute Gasteiger partial charge is 0.493 e. The second-order valence-electron chi connectivity index (χ2n) is 7.78. The first-order valence-corrected chi connectivity index (χ1v) is 11.7. The van der Waals surface area contributed by atoms with Gasteiger partial charge in [0.1, 0.15) is 17.6 Å². The van der Waals surface area contributed by atoms with Gasteiger partial charge in [-0.3, -0.25) is 14.0 Å². The van der Waals surface area contributed by atoms with Crippen LogP contribution in [0.2, 0.25) is 5.02 Å². The fourth-order valence-corrected chi connectivity index (χ4v) is 4.90. The monoisotopic (exact) mass is 492 g/mol. The average molecular weight is 493 g/mol. The van der Waals surface area contributed by atoms with Crippen LogP contribution in [0, 0.1) is 6.92 Å². The molecule has 34 heavy (non-hydrogen) atoms. The molecule has 0 saturated carbocycles. The van der Waals surface area contributed by atoms with E-state index in [0.717, 1.165) is 21.8 Å². The average Bonchev–Trinajstić information content (AvgIpc) is 3.41. The molecule has 3 aromatic heterocycles. The molecule has 0 aliphatic heterocycles. The minimum Gasteiger partial charge on any atom is -0.493 e. The third kappa shape index (κ3) is 4.18. The van der Waals surface area contributed by atoms with Gasteiger partial charge in [0.2, 0.25) is 0 Å². The topological polar surface area (TPSA) is 71.2 Å². The number of ether oxygens (including phenoxy) is 2. The highest BCUT2D eigenvalue weighted by Crippen LogP contribution is 2.33. The lowest BCUT2D eigenvalue weighted by Gasteiger charge is -2.13. The molecule has 0 bridgehead atoms. The summed E-state index contributed by atoms with van der Waals surface area (Å²) in [5.74, 6) is 1.10. The zero-order valence-corrected chi connectivity index (χ0v) is 20.4. The predicted octanol–water partition coefficient (Wildman–Crippen LogP) is 5.40. The Kier molecular flexibility index (Phi) is 5.85. The number of benzene rings is 2. The minimum atomic E-state index is -0.142. The number of aryl methyl sites for hydroxylation is 2. The van der Waals surface area contributed by atoms with E-state index >= 15 is 0 Å². The lowest BCUT2D eigenvalue weighted by molar-refractivity contribution is 0.275. The van der Waals surface area contributed by atoms with Crippen LogP contribution in [0.1, 0.15) is 11.4 Å². The van der Waals surface area contributed by atoms with Gasteiger partial charge in [0.25, 0.3) is 5.56 Å². The second kappa shape index (κ2) is 8.96. The van der Waals surface area contributed by atoms with Gasteiger partial charge in [0.05, 0.1) is 29.7 Å². The number of methoxy groups -OCH3 is 1. The zero-order chi connectivity index (χ0) is 23.8. The lowest BCUT2D eigenvalue weighted by atomic mass is 10.2. The van der Waals surface area contributed by atoms with Crippen LogP contribution in [-0.4, -0.2) is 26.4 Å². The molecule has 9 heteroatoms. The quantitative estimate of drug-likeness (QED) is 0.317. The number of fused-ring (bicyclic) bond motifs is 1. The molecule has 2 aromatic carbocycles. The van der Waals surface area contributed by atoms with E-state index in [1.54, 1.807) is 23.9 Å². The summed E-state index contributed by atoms with van der Waals surface area (Å²) in [6.45, 7) is 2.29. The van der Waals surface area contributed by atoms with Crippen molar-refractivity contribution < 1.29 is 9.47 Å². The Morgan fingerprint density at radius 2 is 1.85 bits per heavy atom. The number of thiophene rings is 1. The summed E-state index contributed by atoms with van der Waals surface area (Å²) in [5, 5.41) is 5.00. The number of hydrogen-bond donors (Lipinski definition) is 0. The first-order chi connectivity index (χ1) is 16.4. The number of aromatic nitrogens is 4. The van der Waals surface area contributed by atoms with E-state index in [9.17, 15) is 4.79 Å². The van der Waals surface area contributed by atoms with Crippen molar-refractivity contribution in [1.29, 1.82) is 0 Å². The molecule has 0 atom stereocenters. The van der Waals surface area contributed by atoms with Crippen molar-refractivity contribution in [1.82, 2.24) is 19.3 Å². The highest BCUT2D eigenvalue weighted by Gasteiger charge is 2.14. The molecule has 0 unspecified atom stereocenters. The number of hydrogen-bond acceptors (Lipinski definition) is 6. The Hall–Kier alpha value is -3.62. The van der Waals surface area contributed by atoms with Crippen LogP contribution in [0.25, 0.3) is 26.3 Å². The summed E-state index contributed by atoms with van der Waals surface area (Å²) >= 11 is 7.41. The van der Waals surface area contributed by atoms with Gasteiger partial charge in [-0.25, -0.2) is 4.98 Å². The van der Waals surface area contributed by atoms with Gasteiger partial charge >= 0.3 is 0 Å². The summed E-state index contributed by atoms with van der Waals surface area (Å²) in [6.07, 6.45) is 1.54. The maximum Gasteiger partial charge on any atom is 0.275 e. The Labute approximate surface area is 204 Å². The fourth-order valence-electron chi connectivity index (χ4n) is 3.73. The van der Waals surface area contributed by atoms with Crippen LogP contribution >= 0.6 is 22.9 Å². The maximum atomic E-state index is 13.3. The first-order valence-electron chi connectivity index (χ1n) is 10.5. The highest BCUT2D eigenvalue weighted by molar-refractivity contribution is 7.22. The molecule has 0 aliphatic carbocycles. The van der Waals surface area contributed by atoms with Gasteiger partial charge in [-0.05, 0) is 48.9 Å². The smallest absolute Gasteiger partial charge is 0.275 e. The summed E-state index contributed by atoms with van der Waals surface area (Å²) in [5.41, 5.74) is 4.03. The Morgan fingerprint density at radius 3 is 2.56 bits per heavy atom. The van der Waals surface area contributed by atoms with E-state index in [2.05, 4.69) is 10.1 Å². The van der Waals surface area contributed by atoms with Gasteiger partial charge in [-0.1, -0.05) is 23.7 Å². The third-order valence-corrected chi connectivity index (χ3v) is 6.88. The van der Waals surface area contributed by atoms with Crippen molar-refractivity contribution in [2.24, 2.45) is 7.05 Å². The highest BCUT2D eigenvalue weighted by atomic mass is 35.5. The molecule has 5 rings (SSSR count). The minimum absolute atomic E-state index is 0.142. The van der Waals surface area contributed by atoms with Crippen molar-refractivity contribution in [3.63, 3.8) is 0 Å². The standard InChI is InChI=1S/C25H21ClN4O3S/c1-15-10-19(29(2)28-15)13-33-21-9-8-18(11-22(21)32-3)30-14-27-20-12-23(34-24(20)25(30)31)16-4-6-17(26)7-5-16/h4-12,14H,13H2,1-3H3. The molecule has 0 saturated heterocycles. The number of halogens is 1. The Balaban J connectivity index is 1.46. The normalized spacial score (nSPS) is 11.2. The summed E-state index contributed by atoms with van der Waals surface area (Å²) < 4.78 is 15.4. The van der Waals surface area contributed by atoms with Crippen LogP contribution < -0.4 is 15.0 Å². The predicted molar refractivity (Wildman–Crippen MR) is 134 cm³/mol. The van der Waals surface area contributed by atoms with E-state index < -0.39 is 0 Å².